The van der Waals surface area contributed by atoms with Crippen molar-refractivity contribution >= 4 is 28.1 Å². The van der Waals surface area contributed by atoms with Gasteiger partial charge in [-0.1, -0.05) is 30.3 Å². The lowest BCUT2D eigenvalue weighted by molar-refractivity contribution is 0.112. The fourth-order valence-corrected chi connectivity index (χ4v) is 2.06. The van der Waals surface area contributed by atoms with E-state index in [1.807, 2.05) is 24.3 Å². The van der Waals surface area contributed by atoms with Gasteiger partial charge in [0.1, 0.15) is 11.3 Å². The Balaban J connectivity index is 2.63. The second kappa shape index (κ2) is 3.56. The van der Waals surface area contributed by atoms with Crippen molar-refractivity contribution in [2.75, 3.05) is 0 Å². The molecule has 0 bridgehead atoms. The van der Waals surface area contributed by atoms with Crippen molar-refractivity contribution in [3.63, 3.8) is 0 Å². The molecule has 0 radical (unpaired) electrons. The van der Waals surface area contributed by atoms with Gasteiger partial charge in [0.15, 0.2) is 6.29 Å². The molecule has 3 rings (SSSR count). The predicted octanol–water partition coefficient (Wildman–Crippen LogP) is 2.91. The molecule has 1 N–H and O–H groups in total. The molecule has 3 heteroatoms. The lowest BCUT2D eigenvalue weighted by Gasteiger charge is -2.06. The molecule has 0 aliphatic carbocycles. The average Bonchev–Trinajstić information content (AvgIpc) is 2.37. The highest BCUT2D eigenvalue weighted by Crippen LogP contribution is 2.29. The van der Waals surface area contributed by atoms with E-state index >= 15 is 0 Å². The number of para-hydroxylation sites is 2. The molecule has 3 nitrogen and oxygen atoms in total. The summed E-state index contributed by atoms with van der Waals surface area (Å²) in [6.45, 7) is 0. The first-order valence-corrected chi connectivity index (χ1v) is 5.27. The van der Waals surface area contributed by atoms with Crippen LogP contribution in [0, 0.1) is 0 Å². The maximum atomic E-state index is 11.2. The first kappa shape index (κ1) is 9.78. The Kier molecular flexibility index (Phi) is 2.05. The summed E-state index contributed by atoms with van der Waals surface area (Å²) < 4.78 is 0. The quantitative estimate of drug-likeness (QED) is 0.509. The molecule has 1 heterocycles. The van der Waals surface area contributed by atoms with E-state index < -0.39 is 0 Å². The van der Waals surface area contributed by atoms with Crippen molar-refractivity contribution in [1.82, 2.24) is 4.98 Å². The Morgan fingerprint density at radius 3 is 2.59 bits per heavy atom. The monoisotopic (exact) mass is 223 g/mol. The Morgan fingerprint density at radius 2 is 1.76 bits per heavy atom. The highest BCUT2D eigenvalue weighted by atomic mass is 16.3. The van der Waals surface area contributed by atoms with Gasteiger partial charge in [0.05, 0.1) is 5.52 Å². The molecule has 2 aromatic carbocycles. The Morgan fingerprint density at radius 1 is 1.00 bits per heavy atom. The van der Waals surface area contributed by atoms with Crippen LogP contribution in [0.1, 0.15) is 10.4 Å². The number of pyridine rings is 1. The van der Waals surface area contributed by atoms with E-state index in [0.717, 1.165) is 11.7 Å². The molecule has 17 heavy (non-hydrogen) atoms. The molecule has 3 aromatic rings. The normalized spacial score (nSPS) is 10.8. The molecule has 82 valence electrons. The number of nitrogens with zero attached hydrogens (tertiary/aromatic N) is 1. The van der Waals surface area contributed by atoms with Crippen LogP contribution in [0.25, 0.3) is 21.8 Å². The highest BCUT2D eigenvalue weighted by Gasteiger charge is 2.09. The van der Waals surface area contributed by atoms with E-state index in [1.54, 1.807) is 18.2 Å². The smallest absolute Gasteiger partial charge is 0.151 e. The van der Waals surface area contributed by atoms with Crippen molar-refractivity contribution in [1.29, 1.82) is 0 Å². The third-order valence-corrected chi connectivity index (χ3v) is 2.85. The third-order valence-electron chi connectivity index (χ3n) is 2.85. The topological polar surface area (TPSA) is 50.2 Å². The number of carbonyl (C=O) groups is 1. The summed E-state index contributed by atoms with van der Waals surface area (Å²) in [5, 5.41) is 11.3. The van der Waals surface area contributed by atoms with Crippen LogP contribution in [0.5, 0.6) is 5.75 Å². The Hall–Kier alpha value is -2.42. The molecule has 0 fully saturated rings. The summed E-state index contributed by atoms with van der Waals surface area (Å²) >= 11 is 0. The van der Waals surface area contributed by atoms with E-state index in [4.69, 9.17) is 0 Å². The van der Waals surface area contributed by atoms with E-state index in [-0.39, 0.29) is 5.75 Å². The number of rotatable bonds is 1. The molecular weight excluding hydrogens is 214 g/mol. The number of phenols is 1. The molecule has 0 unspecified atom stereocenters. The van der Waals surface area contributed by atoms with Crippen molar-refractivity contribution in [3.8, 4) is 5.75 Å². The minimum Gasteiger partial charge on any atom is -0.506 e. The van der Waals surface area contributed by atoms with Crippen molar-refractivity contribution in [2.45, 2.75) is 0 Å². The standard InChI is InChI=1S/C14H9NO2/c16-8-11-9-4-1-2-6-12(9)15-14-10(11)5-3-7-13(14)17/h1-8,17H. The molecule has 0 aliphatic rings. The zero-order valence-corrected chi connectivity index (χ0v) is 8.92. The largest absolute Gasteiger partial charge is 0.506 e. The van der Waals surface area contributed by atoms with Gasteiger partial charge >= 0.3 is 0 Å². The lowest BCUT2D eigenvalue weighted by Crippen LogP contribution is -1.90. The predicted molar refractivity (Wildman–Crippen MR) is 66.3 cm³/mol. The maximum Gasteiger partial charge on any atom is 0.151 e. The number of fused-ring (bicyclic) bond motifs is 2. The summed E-state index contributed by atoms with van der Waals surface area (Å²) in [6.07, 6.45) is 0.811. The molecule has 0 spiro atoms. The van der Waals surface area contributed by atoms with E-state index in [1.165, 1.54) is 0 Å². The summed E-state index contributed by atoms with van der Waals surface area (Å²) in [6, 6.07) is 12.5. The van der Waals surface area contributed by atoms with Gasteiger partial charge in [0.25, 0.3) is 0 Å². The van der Waals surface area contributed by atoms with Crippen LogP contribution < -0.4 is 0 Å². The fraction of sp³-hybridized carbons (Fsp3) is 0. The summed E-state index contributed by atoms with van der Waals surface area (Å²) in [5.41, 5.74) is 1.75. The van der Waals surface area contributed by atoms with Crippen LogP contribution in [0.2, 0.25) is 0 Å². The minimum absolute atomic E-state index is 0.0938. The first-order chi connectivity index (χ1) is 8.31. The van der Waals surface area contributed by atoms with Crippen molar-refractivity contribution < 1.29 is 9.90 Å². The lowest BCUT2D eigenvalue weighted by atomic mass is 10.0. The number of hydrogen-bond donors (Lipinski definition) is 1. The number of hydrogen-bond acceptors (Lipinski definition) is 3. The van der Waals surface area contributed by atoms with E-state index in [2.05, 4.69) is 4.98 Å². The van der Waals surface area contributed by atoms with Crippen LogP contribution in [0.15, 0.2) is 42.5 Å². The summed E-state index contributed by atoms with van der Waals surface area (Å²) in [4.78, 5) is 15.6. The number of benzene rings is 2. The van der Waals surface area contributed by atoms with E-state index in [0.29, 0.717) is 22.0 Å². The van der Waals surface area contributed by atoms with Crippen LogP contribution in [0.3, 0.4) is 0 Å². The molecule has 0 aliphatic heterocycles. The number of aromatic nitrogens is 1. The highest BCUT2D eigenvalue weighted by molar-refractivity contribution is 6.10. The van der Waals surface area contributed by atoms with E-state index in [9.17, 15) is 9.90 Å². The summed E-state index contributed by atoms with van der Waals surface area (Å²) in [5.74, 6) is 0.0938. The van der Waals surface area contributed by atoms with Gasteiger partial charge in [-0.15, -0.1) is 0 Å². The fourth-order valence-electron chi connectivity index (χ4n) is 2.06. The number of carbonyl (C=O) groups excluding carboxylic acids is 1. The zero-order chi connectivity index (χ0) is 11.8. The van der Waals surface area contributed by atoms with Crippen molar-refractivity contribution in [2.24, 2.45) is 0 Å². The molecule has 0 saturated carbocycles. The maximum absolute atomic E-state index is 11.2. The zero-order valence-electron chi connectivity index (χ0n) is 8.92. The Bertz CT molecular complexity index is 735. The van der Waals surface area contributed by atoms with Crippen molar-refractivity contribution in [3.05, 3.63) is 48.0 Å². The summed E-state index contributed by atoms with van der Waals surface area (Å²) in [7, 11) is 0. The van der Waals surface area contributed by atoms with Crippen LogP contribution in [0.4, 0.5) is 0 Å². The van der Waals surface area contributed by atoms with Gasteiger partial charge in [0, 0.05) is 16.3 Å². The second-order valence-electron chi connectivity index (χ2n) is 3.83. The second-order valence-corrected chi connectivity index (χ2v) is 3.83. The number of phenolic OH excluding ortho intramolecular Hbond substituents is 1. The molecule has 1 aromatic heterocycles. The van der Waals surface area contributed by atoms with Crippen LogP contribution in [-0.2, 0) is 0 Å². The first-order valence-electron chi connectivity index (χ1n) is 5.27. The molecule has 0 atom stereocenters. The van der Waals surface area contributed by atoms with Gasteiger partial charge in [-0.25, -0.2) is 4.98 Å². The van der Waals surface area contributed by atoms with Crippen LogP contribution >= 0.6 is 0 Å². The minimum atomic E-state index is 0.0938. The van der Waals surface area contributed by atoms with Gasteiger partial charge < -0.3 is 5.11 Å². The number of aromatic hydroxyl groups is 1. The van der Waals surface area contributed by atoms with Gasteiger partial charge in [-0.05, 0) is 12.1 Å². The van der Waals surface area contributed by atoms with Crippen LogP contribution in [-0.4, -0.2) is 16.4 Å². The number of aldehydes is 1. The SMILES string of the molecule is O=Cc1c2ccccc2nc2c(O)cccc12. The van der Waals surface area contributed by atoms with Gasteiger partial charge in [-0.2, -0.15) is 0 Å². The Labute approximate surface area is 97.3 Å². The van der Waals surface area contributed by atoms with Gasteiger partial charge in [0.2, 0.25) is 0 Å². The molecule has 0 amide bonds. The average molecular weight is 223 g/mol. The third kappa shape index (κ3) is 1.36. The van der Waals surface area contributed by atoms with Gasteiger partial charge in [-0.3, -0.25) is 4.79 Å². The molecule has 0 saturated heterocycles. The molecular formula is C14H9NO2.